The number of carbonyl (C=O) groups is 1. The molecular formula is C21H23N3OS. The van der Waals surface area contributed by atoms with Crippen molar-refractivity contribution in [2.75, 3.05) is 5.32 Å². The molecular weight excluding hydrogens is 342 g/mol. The van der Waals surface area contributed by atoms with E-state index in [0.29, 0.717) is 12.2 Å². The topological polar surface area (TPSA) is 54.0 Å². The van der Waals surface area contributed by atoms with Gasteiger partial charge in [0.1, 0.15) is 5.69 Å². The quantitative estimate of drug-likeness (QED) is 0.646. The van der Waals surface area contributed by atoms with E-state index in [1.807, 2.05) is 18.2 Å². The lowest BCUT2D eigenvalue weighted by atomic mass is 10.1. The number of amides is 1. The first-order valence-corrected chi connectivity index (χ1v) is 9.59. The molecule has 0 unspecified atom stereocenters. The van der Waals surface area contributed by atoms with E-state index in [2.05, 4.69) is 60.7 Å². The van der Waals surface area contributed by atoms with E-state index in [9.17, 15) is 4.79 Å². The van der Waals surface area contributed by atoms with Gasteiger partial charge in [-0.15, -0.1) is 11.3 Å². The first-order valence-electron chi connectivity index (χ1n) is 8.71. The van der Waals surface area contributed by atoms with Gasteiger partial charge in [-0.3, -0.25) is 4.79 Å². The molecule has 0 bridgehead atoms. The third-order valence-electron chi connectivity index (χ3n) is 4.24. The average molecular weight is 366 g/mol. The molecule has 0 spiro atoms. The molecule has 1 heterocycles. The molecule has 0 aliphatic carbocycles. The number of benzene rings is 2. The fourth-order valence-corrected chi connectivity index (χ4v) is 3.37. The molecule has 5 heteroatoms. The predicted molar refractivity (Wildman–Crippen MR) is 108 cm³/mol. The van der Waals surface area contributed by atoms with Crippen LogP contribution in [0.2, 0.25) is 0 Å². The number of nitrogens with one attached hydrogen (secondary N) is 2. The van der Waals surface area contributed by atoms with Crippen molar-refractivity contribution >= 4 is 28.1 Å². The van der Waals surface area contributed by atoms with Crippen LogP contribution in [-0.4, -0.2) is 10.9 Å². The number of rotatable bonds is 6. The van der Waals surface area contributed by atoms with Crippen LogP contribution in [0.4, 0.5) is 10.8 Å². The second kappa shape index (κ2) is 8.15. The molecule has 0 saturated heterocycles. The van der Waals surface area contributed by atoms with Crippen LogP contribution in [0.5, 0.6) is 0 Å². The molecule has 0 radical (unpaired) electrons. The van der Waals surface area contributed by atoms with Crippen LogP contribution in [0.3, 0.4) is 0 Å². The summed E-state index contributed by atoms with van der Waals surface area (Å²) in [6.45, 7) is 6.75. The van der Waals surface area contributed by atoms with Gasteiger partial charge in [-0.2, -0.15) is 0 Å². The summed E-state index contributed by atoms with van der Waals surface area (Å²) in [5.74, 6) is -0.158. The Hall–Kier alpha value is -2.66. The maximum Gasteiger partial charge on any atom is 0.271 e. The van der Waals surface area contributed by atoms with Gasteiger partial charge >= 0.3 is 0 Å². The van der Waals surface area contributed by atoms with E-state index in [0.717, 1.165) is 28.4 Å². The van der Waals surface area contributed by atoms with Gasteiger partial charge in [-0.1, -0.05) is 48.9 Å². The highest BCUT2D eigenvalue weighted by Gasteiger charge is 2.11. The molecule has 1 aromatic heterocycles. The van der Waals surface area contributed by atoms with E-state index in [1.165, 1.54) is 22.5 Å². The minimum absolute atomic E-state index is 0.158. The largest absolute Gasteiger partial charge is 0.347 e. The maximum atomic E-state index is 12.3. The summed E-state index contributed by atoms with van der Waals surface area (Å²) in [7, 11) is 0. The first-order chi connectivity index (χ1) is 12.5. The van der Waals surface area contributed by atoms with Crippen molar-refractivity contribution in [1.29, 1.82) is 0 Å². The molecule has 4 nitrogen and oxygen atoms in total. The average Bonchev–Trinajstić information content (AvgIpc) is 3.11. The first kappa shape index (κ1) is 18.1. The number of hydrogen-bond donors (Lipinski definition) is 2. The third-order valence-corrected chi connectivity index (χ3v) is 5.00. The van der Waals surface area contributed by atoms with Crippen LogP contribution in [0.1, 0.15) is 39.7 Å². The van der Waals surface area contributed by atoms with Crippen molar-refractivity contribution in [2.45, 2.75) is 33.7 Å². The Morgan fingerprint density at radius 1 is 1.08 bits per heavy atom. The standard InChI is InChI=1S/C21H23N3OS/c1-4-16-6-8-17(9-7-16)12-22-20(25)19-13-26-21(24-19)23-18-10-5-14(2)11-15(18)3/h5-11,13H,4,12H2,1-3H3,(H,22,25)(H,23,24). The number of nitrogens with zero attached hydrogens (tertiary/aromatic N) is 1. The van der Waals surface area contributed by atoms with Crippen molar-refractivity contribution in [2.24, 2.45) is 0 Å². The van der Waals surface area contributed by atoms with Crippen LogP contribution in [0.25, 0.3) is 0 Å². The minimum atomic E-state index is -0.158. The van der Waals surface area contributed by atoms with Crippen molar-refractivity contribution < 1.29 is 4.79 Å². The summed E-state index contributed by atoms with van der Waals surface area (Å²) in [6.07, 6.45) is 1.02. The summed E-state index contributed by atoms with van der Waals surface area (Å²) in [5, 5.41) is 8.71. The molecule has 0 fully saturated rings. The Morgan fingerprint density at radius 3 is 2.50 bits per heavy atom. The normalized spacial score (nSPS) is 10.6. The highest BCUT2D eigenvalue weighted by atomic mass is 32.1. The Bertz CT molecular complexity index is 900. The molecule has 0 saturated carbocycles. The Balaban J connectivity index is 1.60. The SMILES string of the molecule is CCc1ccc(CNC(=O)c2csc(Nc3ccc(C)cc3C)n2)cc1. The zero-order chi connectivity index (χ0) is 18.5. The number of hydrogen-bond acceptors (Lipinski definition) is 4. The molecule has 3 rings (SSSR count). The predicted octanol–water partition coefficient (Wildman–Crippen LogP) is 5.00. The Morgan fingerprint density at radius 2 is 1.81 bits per heavy atom. The van der Waals surface area contributed by atoms with Gasteiger partial charge in [0, 0.05) is 17.6 Å². The lowest BCUT2D eigenvalue weighted by Crippen LogP contribution is -2.23. The summed E-state index contributed by atoms with van der Waals surface area (Å²) in [4.78, 5) is 16.7. The van der Waals surface area contributed by atoms with Crippen LogP contribution >= 0.6 is 11.3 Å². The van der Waals surface area contributed by atoms with Crippen molar-refractivity contribution in [3.8, 4) is 0 Å². The van der Waals surface area contributed by atoms with Crippen LogP contribution in [0.15, 0.2) is 47.8 Å². The molecule has 134 valence electrons. The van der Waals surface area contributed by atoms with E-state index >= 15 is 0 Å². The van der Waals surface area contributed by atoms with Gasteiger partial charge in [0.25, 0.3) is 5.91 Å². The van der Waals surface area contributed by atoms with Crippen molar-refractivity contribution in [3.63, 3.8) is 0 Å². The van der Waals surface area contributed by atoms with E-state index in [1.54, 1.807) is 5.38 Å². The Kier molecular flexibility index (Phi) is 5.68. The highest BCUT2D eigenvalue weighted by Crippen LogP contribution is 2.24. The van der Waals surface area contributed by atoms with E-state index < -0.39 is 0 Å². The molecule has 0 aliphatic rings. The lowest BCUT2D eigenvalue weighted by molar-refractivity contribution is 0.0946. The monoisotopic (exact) mass is 365 g/mol. The molecule has 0 aliphatic heterocycles. The Labute approximate surface area is 158 Å². The van der Waals surface area contributed by atoms with E-state index in [4.69, 9.17) is 0 Å². The smallest absolute Gasteiger partial charge is 0.271 e. The van der Waals surface area contributed by atoms with Gasteiger partial charge < -0.3 is 10.6 Å². The van der Waals surface area contributed by atoms with Crippen molar-refractivity contribution in [1.82, 2.24) is 10.3 Å². The highest BCUT2D eigenvalue weighted by molar-refractivity contribution is 7.14. The number of aryl methyl sites for hydroxylation is 3. The van der Waals surface area contributed by atoms with Gasteiger partial charge in [0.2, 0.25) is 0 Å². The zero-order valence-corrected chi connectivity index (χ0v) is 16.1. The van der Waals surface area contributed by atoms with Crippen LogP contribution < -0.4 is 10.6 Å². The van der Waals surface area contributed by atoms with Crippen molar-refractivity contribution in [3.05, 3.63) is 75.8 Å². The summed E-state index contributed by atoms with van der Waals surface area (Å²) in [6, 6.07) is 14.5. The van der Waals surface area contributed by atoms with Gasteiger partial charge in [-0.25, -0.2) is 4.98 Å². The third kappa shape index (κ3) is 4.49. The zero-order valence-electron chi connectivity index (χ0n) is 15.3. The molecule has 0 atom stereocenters. The molecule has 1 amide bonds. The number of thiazole rings is 1. The van der Waals surface area contributed by atoms with Gasteiger partial charge in [0.05, 0.1) is 0 Å². The summed E-state index contributed by atoms with van der Waals surface area (Å²) in [5.41, 5.74) is 6.20. The summed E-state index contributed by atoms with van der Waals surface area (Å²) >= 11 is 1.43. The number of carbonyl (C=O) groups excluding carboxylic acids is 1. The maximum absolute atomic E-state index is 12.3. The second-order valence-electron chi connectivity index (χ2n) is 6.33. The second-order valence-corrected chi connectivity index (χ2v) is 7.19. The lowest BCUT2D eigenvalue weighted by Gasteiger charge is -2.07. The van der Waals surface area contributed by atoms with Gasteiger partial charge in [0.15, 0.2) is 5.13 Å². The summed E-state index contributed by atoms with van der Waals surface area (Å²) < 4.78 is 0. The number of anilines is 2. The fraction of sp³-hybridized carbons (Fsp3) is 0.238. The van der Waals surface area contributed by atoms with Gasteiger partial charge in [-0.05, 0) is 43.0 Å². The molecule has 2 N–H and O–H groups in total. The minimum Gasteiger partial charge on any atom is -0.347 e. The fourth-order valence-electron chi connectivity index (χ4n) is 2.67. The molecule has 26 heavy (non-hydrogen) atoms. The number of aromatic nitrogens is 1. The molecule has 3 aromatic rings. The van der Waals surface area contributed by atoms with E-state index in [-0.39, 0.29) is 5.91 Å². The van der Waals surface area contributed by atoms with Crippen LogP contribution in [0, 0.1) is 13.8 Å². The molecule has 2 aromatic carbocycles. The van der Waals surface area contributed by atoms with Crippen LogP contribution in [-0.2, 0) is 13.0 Å².